The fraction of sp³-hybridized carbons (Fsp3) is 0.154. The number of nitrogens with one attached hydrogen (secondary N) is 1. The van der Waals surface area contributed by atoms with Gasteiger partial charge in [0.05, 0.1) is 23.9 Å². The minimum Gasteiger partial charge on any atom is -0.455 e. The first kappa shape index (κ1) is 23.8. The van der Waals surface area contributed by atoms with Crippen LogP contribution in [0, 0.1) is 18.3 Å². The van der Waals surface area contributed by atoms with Gasteiger partial charge in [-0.25, -0.2) is 9.78 Å². The molecule has 0 aliphatic rings. The van der Waals surface area contributed by atoms with Gasteiger partial charge < -0.3 is 10.1 Å². The minimum atomic E-state index is -0.425. The van der Waals surface area contributed by atoms with Gasteiger partial charge in [0, 0.05) is 17.6 Å². The number of benzene rings is 2. The molecule has 0 atom stereocenters. The van der Waals surface area contributed by atoms with Crippen LogP contribution in [0.4, 0.5) is 11.6 Å². The highest BCUT2D eigenvalue weighted by molar-refractivity contribution is 6.30. The molecule has 176 valence electrons. The molecule has 4 rings (SSSR count). The van der Waals surface area contributed by atoms with Crippen molar-refractivity contribution < 1.29 is 4.74 Å². The molecular formula is C26H22ClN5O3. The molecule has 0 aliphatic heterocycles. The van der Waals surface area contributed by atoms with Crippen molar-refractivity contribution in [1.82, 2.24) is 14.1 Å². The zero-order chi connectivity index (χ0) is 24.9. The quantitative estimate of drug-likeness (QED) is 0.400. The number of nitrogens with zero attached hydrogens (tertiary/aromatic N) is 4. The smallest absolute Gasteiger partial charge is 0.332 e. The monoisotopic (exact) mass is 487 g/mol. The van der Waals surface area contributed by atoms with Gasteiger partial charge in [-0.2, -0.15) is 5.26 Å². The summed E-state index contributed by atoms with van der Waals surface area (Å²) in [6.45, 7) is 4.03. The topological polar surface area (TPSA) is 102 Å². The lowest BCUT2D eigenvalue weighted by molar-refractivity contribution is 0.476. The second kappa shape index (κ2) is 10.3. The average Bonchev–Trinajstić information content (AvgIpc) is 2.85. The van der Waals surface area contributed by atoms with E-state index in [0.29, 0.717) is 39.4 Å². The Morgan fingerprint density at radius 1 is 1.06 bits per heavy atom. The number of nitriles is 1. The van der Waals surface area contributed by atoms with Gasteiger partial charge in [0.25, 0.3) is 5.56 Å². The number of aryl methyl sites for hydroxylation is 1. The van der Waals surface area contributed by atoms with Crippen molar-refractivity contribution in [2.75, 3.05) is 5.32 Å². The molecule has 9 heteroatoms. The van der Waals surface area contributed by atoms with E-state index < -0.39 is 11.2 Å². The Balaban J connectivity index is 1.65. The molecule has 1 N–H and O–H groups in total. The molecule has 0 radical (unpaired) electrons. The summed E-state index contributed by atoms with van der Waals surface area (Å²) >= 11 is 5.99. The fourth-order valence-corrected chi connectivity index (χ4v) is 3.67. The molecule has 0 spiro atoms. The Morgan fingerprint density at radius 3 is 2.51 bits per heavy atom. The van der Waals surface area contributed by atoms with Crippen molar-refractivity contribution in [2.45, 2.75) is 26.9 Å². The highest BCUT2D eigenvalue weighted by Gasteiger charge is 2.13. The first-order valence-electron chi connectivity index (χ1n) is 10.9. The predicted octanol–water partition coefficient (Wildman–Crippen LogP) is 4.84. The maximum absolute atomic E-state index is 13.1. The maximum atomic E-state index is 13.1. The van der Waals surface area contributed by atoms with Gasteiger partial charge in [-0.3, -0.25) is 13.9 Å². The molecule has 0 fully saturated rings. The summed E-state index contributed by atoms with van der Waals surface area (Å²) in [7, 11) is 0. The van der Waals surface area contributed by atoms with Crippen LogP contribution in [0.1, 0.15) is 23.7 Å². The van der Waals surface area contributed by atoms with Crippen molar-refractivity contribution in [3.05, 3.63) is 109 Å². The van der Waals surface area contributed by atoms with E-state index in [0.717, 1.165) is 5.56 Å². The van der Waals surface area contributed by atoms with Gasteiger partial charge in [0.1, 0.15) is 23.1 Å². The van der Waals surface area contributed by atoms with Crippen molar-refractivity contribution in [1.29, 1.82) is 5.26 Å². The van der Waals surface area contributed by atoms with E-state index >= 15 is 0 Å². The highest BCUT2D eigenvalue weighted by atomic mass is 35.5. The molecule has 0 saturated carbocycles. The number of hydrogen-bond acceptors (Lipinski definition) is 6. The molecule has 2 heterocycles. The van der Waals surface area contributed by atoms with Crippen LogP contribution < -0.4 is 21.3 Å². The second-order valence-corrected chi connectivity index (χ2v) is 8.19. The van der Waals surface area contributed by atoms with E-state index in [-0.39, 0.29) is 13.1 Å². The van der Waals surface area contributed by atoms with E-state index in [2.05, 4.69) is 16.4 Å². The summed E-state index contributed by atoms with van der Waals surface area (Å²) in [5.74, 6) is 1.81. The van der Waals surface area contributed by atoms with Gasteiger partial charge in [0.2, 0.25) is 0 Å². The molecule has 0 bridgehead atoms. The van der Waals surface area contributed by atoms with Gasteiger partial charge in [-0.1, -0.05) is 29.8 Å². The third-order valence-corrected chi connectivity index (χ3v) is 5.59. The van der Waals surface area contributed by atoms with Crippen LogP contribution >= 0.6 is 11.6 Å². The highest BCUT2D eigenvalue weighted by Crippen LogP contribution is 2.26. The lowest BCUT2D eigenvalue weighted by Crippen LogP contribution is -2.40. The van der Waals surface area contributed by atoms with Gasteiger partial charge >= 0.3 is 5.69 Å². The normalized spacial score (nSPS) is 10.6. The van der Waals surface area contributed by atoms with Crippen molar-refractivity contribution in [2.24, 2.45) is 0 Å². The number of aromatic nitrogens is 3. The molecule has 0 aliphatic carbocycles. The van der Waals surface area contributed by atoms with Crippen LogP contribution in [0.5, 0.6) is 11.5 Å². The maximum Gasteiger partial charge on any atom is 0.332 e. The third-order valence-electron chi connectivity index (χ3n) is 5.33. The van der Waals surface area contributed by atoms with Crippen LogP contribution in [0.2, 0.25) is 5.02 Å². The SMILES string of the molecule is CCn1c(=O)cc(Nc2ccc(Oc3cccc(C#N)c3)c(C)n2)n(Cc2ccc(Cl)cc2)c1=O. The number of pyridine rings is 1. The molecule has 4 aromatic rings. The number of hydrogen-bond donors (Lipinski definition) is 1. The summed E-state index contributed by atoms with van der Waals surface area (Å²) in [4.78, 5) is 30.1. The van der Waals surface area contributed by atoms with Crippen LogP contribution in [0.3, 0.4) is 0 Å². The van der Waals surface area contributed by atoms with Gasteiger partial charge in [-0.15, -0.1) is 0 Å². The number of halogens is 1. The zero-order valence-corrected chi connectivity index (χ0v) is 19.9. The van der Waals surface area contributed by atoms with Crippen LogP contribution in [0.15, 0.2) is 76.3 Å². The first-order chi connectivity index (χ1) is 16.9. The Bertz CT molecular complexity index is 1530. The lowest BCUT2D eigenvalue weighted by atomic mass is 10.2. The molecule has 0 amide bonds. The Morgan fingerprint density at radius 2 is 1.83 bits per heavy atom. The van der Waals surface area contributed by atoms with Crippen molar-refractivity contribution in [3.8, 4) is 17.6 Å². The number of rotatable bonds is 7. The van der Waals surface area contributed by atoms with E-state index in [1.807, 2.05) is 12.1 Å². The summed E-state index contributed by atoms with van der Waals surface area (Å²) in [5.41, 5.74) is 1.11. The van der Waals surface area contributed by atoms with Crippen molar-refractivity contribution in [3.63, 3.8) is 0 Å². The van der Waals surface area contributed by atoms with E-state index in [1.165, 1.54) is 15.2 Å². The fourth-order valence-electron chi connectivity index (χ4n) is 3.55. The number of anilines is 2. The van der Waals surface area contributed by atoms with Crippen LogP contribution in [-0.2, 0) is 13.1 Å². The Hall–Kier alpha value is -4.35. The predicted molar refractivity (Wildman–Crippen MR) is 135 cm³/mol. The molecule has 0 saturated heterocycles. The van der Waals surface area contributed by atoms with Crippen LogP contribution in [0.25, 0.3) is 0 Å². The average molecular weight is 488 g/mol. The second-order valence-electron chi connectivity index (χ2n) is 7.75. The number of ether oxygens (including phenoxy) is 1. The van der Waals surface area contributed by atoms with Crippen LogP contribution in [-0.4, -0.2) is 14.1 Å². The van der Waals surface area contributed by atoms with Crippen molar-refractivity contribution >= 4 is 23.2 Å². The minimum absolute atomic E-state index is 0.244. The van der Waals surface area contributed by atoms with E-state index in [1.54, 1.807) is 62.4 Å². The van der Waals surface area contributed by atoms with Gasteiger partial charge in [-0.05, 0) is 61.9 Å². The molecule has 0 unspecified atom stereocenters. The third kappa shape index (κ3) is 5.42. The Kier molecular flexibility index (Phi) is 6.99. The largest absolute Gasteiger partial charge is 0.455 e. The molecule has 8 nitrogen and oxygen atoms in total. The first-order valence-corrected chi connectivity index (χ1v) is 11.3. The Labute approximate surface area is 206 Å². The van der Waals surface area contributed by atoms with E-state index in [4.69, 9.17) is 21.6 Å². The summed E-state index contributed by atoms with van der Waals surface area (Å²) in [5, 5.41) is 12.8. The molecular weight excluding hydrogens is 466 g/mol. The summed E-state index contributed by atoms with van der Waals surface area (Å²) < 4.78 is 8.54. The zero-order valence-electron chi connectivity index (χ0n) is 19.2. The molecule has 2 aromatic carbocycles. The summed E-state index contributed by atoms with van der Waals surface area (Å²) in [6, 6.07) is 20.9. The summed E-state index contributed by atoms with van der Waals surface area (Å²) in [6.07, 6.45) is 0. The standard InChI is InChI=1S/C26H22ClN5O3/c1-3-31-25(33)14-24(32(26(31)34)16-18-7-9-20(27)10-8-18)30-23-12-11-22(17(2)29-23)35-21-6-4-5-19(13-21)15-28/h4-14H,3,16H2,1-2H3,(H,29,30). The molecule has 2 aromatic heterocycles. The van der Waals surface area contributed by atoms with Gasteiger partial charge in [0.15, 0.2) is 0 Å². The van der Waals surface area contributed by atoms with E-state index in [9.17, 15) is 9.59 Å². The lowest BCUT2D eigenvalue weighted by Gasteiger charge is -2.17. The molecule has 35 heavy (non-hydrogen) atoms.